The van der Waals surface area contributed by atoms with Crippen LogP contribution < -0.4 is 20.2 Å². The largest absolute Gasteiger partial charge is 0.493 e. The first-order chi connectivity index (χ1) is 15.2. The predicted molar refractivity (Wildman–Crippen MR) is 124 cm³/mol. The van der Waals surface area contributed by atoms with Crippen LogP contribution in [0.3, 0.4) is 0 Å². The van der Waals surface area contributed by atoms with Crippen molar-refractivity contribution in [1.82, 2.24) is 15.8 Å². The zero-order chi connectivity index (χ0) is 21.8. The minimum absolute atomic E-state index is 0.0971. The van der Waals surface area contributed by atoms with Crippen molar-refractivity contribution in [2.24, 2.45) is 0 Å². The lowest BCUT2D eigenvalue weighted by Gasteiger charge is -2.42. The molecule has 6 nitrogen and oxygen atoms in total. The molecule has 0 aliphatic carbocycles. The summed E-state index contributed by atoms with van der Waals surface area (Å²) in [6.45, 7) is 0. The third-order valence-corrected chi connectivity index (χ3v) is 6.72. The highest BCUT2D eigenvalue weighted by Crippen LogP contribution is 2.40. The molecule has 0 spiro atoms. The molecule has 2 aromatic carbocycles. The number of methoxy groups -OCH3 is 2. The van der Waals surface area contributed by atoms with Gasteiger partial charge in [-0.05, 0) is 48.8 Å². The van der Waals surface area contributed by atoms with Gasteiger partial charge in [-0.2, -0.15) is 10.3 Å². The lowest BCUT2D eigenvalue weighted by Crippen LogP contribution is -2.58. The SMILES string of the molecule is COc1ccc(C2CC(CCc3ccccc3)NC3C(C#N)=C(SC)NN32)cc1OC. The molecule has 4 rings (SSSR count). The fourth-order valence-corrected chi connectivity index (χ4v) is 4.99. The summed E-state index contributed by atoms with van der Waals surface area (Å²) in [5.41, 5.74) is 6.70. The average molecular weight is 437 g/mol. The third kappa shape index (κ3) is 4.38. The summed E-state index contributed by atoms with van der Waals surface area (Å²) in [7, 11) is 3.30. The van der Waals surface area contributed by atoms with Gasteiger partial charge in [0, 0.05) is 6.04 Å². The van der Waals surface area contributed by atoms with Crippen LogP contribution in [0, 0.1) is 11.3 Å². The highest BCUT2D eigenvalue weighted by molar-refractivity contribution is 8.02. The predicted octanol–water partition coefficient (Wildman–Crippen LogP) is 3.98. The van der Waals surface area contributed by atoms with Crippen LogP contribution in [0.4, 0.5) is 0 Å². The Balaban J connectivity index is 1.62. The van der Waals surface area contributed by atoms with E-state index in [2.05, 4.69) is 52.2 Å². The minimum Gasteiger partial charge on any atom is -0.493 e. The Morgan fingerprint density at radius 3 is 2.58 bits per heavy atom. The topological polar surface area (TPSA) is 69.5 Å². The Morgan fingerprint density at radius 1 is 1.13 bits per heavy atom. The van der Waals surface area contributed by atoms with E-state index in [0.29, 0.717) is 11.5 Å². The van der Waals surface area contributed by atoms with Gasteiger partial charge in [-0.15, -0.1) is 11.8 Å². The maximum atomic E-state index is 9.84. The summed E-state index contributed by atoms with van der Waals surface area (Å²) >= 11 is 1.57. The van der Waals surface area contributed by atoms with Gasteiger partial charge in [-0.25, -0.2) is 0 Å². The number of fused-ring (bicyclic) bond motifs is 1. The Labute approximate surface area is 188 Å². The second-order valence-corrected chi connectivity index (χ2v) is 8.55. The van der Waals surface area contributed by atoms with Gasteiger partial charge in [0.15, 0.2) is 11.5 Å². The number of nitriles is 1. The number of thioether (sulfide) groups is 1. The van der Waals surface area contributed by atoms with Gasteiger partial charge >= 0.3 is 0 Å². The molecular weight excluding hydrogens is 408 g/mol. The highest BCUT2D eigenvalue weighted by atomic mass is 32.2. The van der Waals surface area contributed by atoms with Crippen molar-refractivity contribution in [2.45, 2.75) is 37.5 Å². The smallest absolute Gasteiger partial charge is 0.161 e. The van der Waals surface area contributed by atoms with Crippen LogP contribution in [-0.4, -0.2) is 37.7 Å². The first kappa shape index (κ1) is 21.6. The van der Waals surface area contributed by atoms with Crippen molar-refractivity contribution in [3.8, 4) is 17.6 Å². The molecule has 0 radical (unpaired) electrons. The molecule has 2 heterocycles. The minimum atomic E-state index is -0.153. The van der Waals surface area contributed by atoms with Crippen molar-refractivity contribution in [3.63, 3.8) is 0 Å². The molecule has 0 amide bonds. The molecule has 2 aliphatic heterocycles. The number of hydrogen-bond acceptors (Lipinski definition) is 7. The van der Waals surface area contributed by atoms with Gasteiger partial charge < -0.3 is 14.9 Å². The number of rotatable bonds is 7. The van der Waals surface area contributed by atoms with Gasteiger partial charge in [0.2, 0.25) is 0 Å². The quantitative estimate of drug-likeness (QED) is 0.680. The molecule has 2 N–H and O–H groups in total. The summed E-state index contributed by atoms with van der Waals surface area (Å²) in [5.74, 6) is 1.43. The van der Waals surface area contributed by atoms with Crippen molar-refractivity contribution in [3.05, 3.63) is 70.3 Å². The summed E-state index contributed by atoms with van der Waals surface area (Å²) < 4.78 is 11.0. The lowest BCUT2D eigenvalue weighted by molar-refractivity contribution is 0.0456. The van der Waals surface area contributed by atoms with Gasteiger partial charge in [-0.3, -0.25) is 5.32 Å². The molecule has 0 saturated carbocycles. The second kappa shape index (κ2) is 9.65. The molecule has 3 atom stereocenters. The number of benzene rings is 2. The molecule has 7 heteroatoms. The summed E-state index contributed by atoms with van der Waals surface area (Å²) in [4.78, 5) is 0. The van der Waals surface area contributed by atoms with E-state index in [0.717, 1.165) is 35.4 Å². The van der Waals surface area contributed by atoms with Gasteiger partial charge in [-0.1, -0.05) is 36.4 Å². The number of ether oxygens (including phenoxy) is 2. The fourth-order valence-electron chi connectivity index (χ4n) is 4.41. The molecule has 3 unspecified atom stereocenters. The van der Waals surface area contributed by atoms with E-state index in [-0.39, 0.29) is 18.2 Å². The van der Waals surface area contributed by atoms with Crippen molar-refractivity contribution in [2.75, 3.05) is 20.5 Å². The molecule has 2 aromatic rings. The first-order valence-corrected chi connectivity index (χ1v) is 11.7. The number of nitrogens with one attached hydrogen (secondary N) is 2. The molecule has 2 aliphatic rings. The second-order valence-electron chi connectivity index (χ2n) is 7.73. The Bertz CT molecular complexity index is 989. The Kier molecular flexibility index (Phi) is 6.71. The maximum Gasteiger partial charge on any atom is 0.161 e. The number of hydrogen-bond donors (Lipinski definition) is 2. The molecule has 162 valence electrons. The van der Waals surface area contributed by atoms with Crippen molar-refractivity contribution < 1.29 is 9.47 Å². The highest BCUT2D eigenvalue weighted by Gasteiger charge is 2.43. The summed E-state index contributed by atoms with van der Waals surface area (Å²) in [6, 6.07) is 19.4. The zero-order valence-corrected chi connectivity index (χ0v) is 18.9. The van der Waals surface area contributed by atoms with Crippen LogP contribution in [0.2, 0.25) is 0 Å². The average Bonchev–Trinajstić information content (AvgIpc) is 3.20. The van der Waals surface area contributed by atoms with Gasteiger partial charge in [0.1, 0.15) is 12.2 Å². The van der Waals surface area contributed by atoms with E-state index in [4.69, 9.17) is 9.47 Å². The fraction of sp³-hybridized carbons (Fsp3) is 0.375. The first-order valence-electron chi connectivity index (χ1n) is 10.4. The van der Waals surface area contributed by atoms with Crippen LogP contribution in [0.1, 0.15) is 30.0 Å². The number of aryl methyl sites for hydroxylation is 1. The molecule has 31 heavy (non-hydrogen) atoms. The zero-order valence-electron chi connectivity index (χ0n) is 18.1. The molecular formula is C24H28N4O2S. The molecule has 1 fully saturated rings. The lowest BCUT2D eigenvalue weighted by atomic mass is 9.91. The monoisotopic (exact) mass is 436 g/mol. The molecule has 0 aromatic heterocycles. The number of hydrazine groups is 1. The summed E-state index contributed by atoms with van der Waals surface area (Å²) in [5, 5.41) is 16.6. The normalized spacial score (nSPS) is 23.1. The van der Waals surface area contributed by atoms with Crippen molar-refractivity contribution in [1.29, 1.82) is 5.26 Å². The standard InChI is InChI=1S/C24H28N4O2S/c1-29-21-12-10-17(13-22(21)30-2)20-14-18(11-9-16-7-5-4-6-8-16)26-23-19(15-25)24(31-3)27-28(20)23/h4-8,10,12-13,18,20,23,26-27H,9,11,14H2,1-3H3. The molecule has 1 saturated heterocycles. The van der Waals surface area contributed by atoms with Crippen LogP contribution in [0.25, 0.3) is 0 Å². The van der Waals surface area contributed by atoms with E-state index in [1.54, 1.807) is 26.0 Å². The van der Waals surface area contributed by atoms with E-state index < -0.39 is 0 Å². The van der Waals surface area contributed by atoms with E-state index in [1.165, 1.54) is 5.56 Å². The van der Waals surface area contributed by atoms with Crippen LogP contribution >= 0.6 is 11.8 Å². The van der Waals surface area contributed by atoms with Gasteiger partial charge in [0.05, 0.1) is 30.9 Å². The Hall–Kier alpha value is -2.66. The van der Waals surface area contributed by atoms with Crippen LogP contribution in [0.15, 0.2) is 59.1 Å². The van der Waals surface area contributed by atoms with Crippen LogP contribution in [0.5, 0.6) is 11.5 Å². The van der Waals surface area contributed by atoms with Crippen molar-refractivity contribution >= 4 is 11.8 Å². The van der Waals surface area contributed by atoms with Gasteiger partial charge in [0.25, 0.3) is 0 Å². The summed E-state index contributed by atoms with van der Waals surface area (Å²) in [6.07, 6.45) is 4.77. The maximum absolute atomic E-state index is 9.84. The van der Waals surface area contributed by atoms with E-state index in [1.807, 2.05) is 24.5 Å². The third-order valence-electron chi connectivity index (χ3n) is 6.01. The van der Waals surface area contributed by atoms with E-state index >= 15 is 0 Å². The number of nitrogens with zero attached hydrogens (tertiary/aromatic N) is 2. The van der Waals surface area contributed by atoms with Crippen LogP contribution in [-0.2, 0) is 6.42 Å². The Morgan fingerprint density at radius 2 is 1.90 bits per heavy atom. The van der Waals surface area contributed by atoms with E-state index in [9.17, 15) is 5.26 Å². The molecule has 0 bridgehead atoms.